The van der Waals surface area contributed by atoms with Crippen molar-refractivity contribution in [3.63, 3.8) is 0 Å². The molecule has 1 aliphatic rings. The zero-order chi connectivity index (χ0) is 22.1. The van der Waals surface area contributed by atoms with Gasteiger partial charge in [0.05, 0.1) is 18.4 Å². The van der Waals surface area contributed by atoms with Crippen molar-refractivity contribution < 1.29 is 14.3 Å². The summed E-state index contributed by atoms with van der Waals surface area (Å²) in [7, 11) is 1.59. The summed E-state index contributed by atoms with van der Waals surface area (Å²) in [5.41, 5.74) is 5.72. The van der Waals surface area contributed by atoms with Crippen molar-refractivity contribution in [3.05, 3.63) is 94.7 Å². The molecule has 5 nitrogen and oxygen atoms in total. The molecule has 0 spiro atoms. The first-order chi connectivity index (χ1) is 14.9. The van der Waals surface area contributed by atoms with Crippen LogP contribution in [-0.4, -0.2) is 18.9 Å². The summed E-state index contributed by atoms with van der Waals surface area (Å²) in [5, 5.41) is 3.26. The molecular formula is C26H24N2O3. The summed E-state index contributed by atoms with van der Waals surface area (Å²) in [5.74, 6) is -0.0448. The second kappa shape index (κ2) is 8.11. The second-order valence-corrected chi connectivity index (χ2v) is 7.64. The molecule has 0 radical (unpaired) electrons. The quantitative estimate of drug-likeness (QED) is 0.598. The summed E-state index contributed by atoms with van der Waals surface area (Å²) in [6.07, 6.45) is 0. The van der Waals surface area contributed by atoms with Gasteiger partial charge < -0.3 is 10.1 Å². The lowest BCUT2D eigenvalue weighted by molar-refractivity contribution is -0.120. The number of nitrogens with one attached hydrogen (secondary N) is 1. The van der Waals surface area contributed by atoms with Gasteiger partial charge in [0.2, 0.25) is 0 Å². The first kappa shape index (κ1) is 20.4. The molecule has 31 heavy (non-hydrogen) atoms. The Kier molecular flexibility index (Phi) is 5.34. The van der Waals surface area contributed by atoms with Crippen molar-refractivity contribution in [2.75, 3.05) is 17.3 Å². The van der Waals surface area contributed by atoms with Crippen LogP contribution in [0.5, 0.6) is 5.75 Å². The second-order valence-electron chi connectivity index (χ2n) is 7.64. The van der Waals surface area contributed by atoms with Gasteiger partial charge in [-0.25, -0.2) is 4.90 Å². The minimum absolute atomic E-state index is 0.269. The Morgan fingerprint density at radius 1 is 0.839 bits per heavy atom. The highest BCUT2D eigenvalue weighted by atomic mass is 16.5. The topological polar surface area (TPSA) is 58.6 Å². The molecule has 0 saturated carbocycles. The fourth-order valence-electron chi connectivity index (χ4n) is 3.69. The summed E-state index contributed by atoms with van der Waals surface area (Å²) in [6, 6.07) is 20.4. The van der Waals surface area contributed by atoms with Crippen molar-refractivity contribution in [1.82, 2.24) is 0 Å². The molecule has 4 rings (SSSR count). The van der Waals surface area contributed by atoms with E-state index in [0.29, 0.717) is 22.6 Å². The van der Waals surface area contributed by atoms with Gasteiger partial charge in [-0.2, -0.15) is 0 Å². The lowest BCUT2D eigenvalue weighted by Gasteiger charge is -2.16. The molecule has 0 aliphatic carbocycles. The van der Waals surface area contributed by atoms with Gasteiger partial charge in [-0.1, -0.05) is 36.4 Å². The zero-order valence-electron chi connectivity index (χ0n) is 18.0. The molecule has 5 heteroatoms. The van der Waals surface area contributed by atoms with Gasteiger partial charge in [0.15, 0.2) is 0 Å². The molecule has 1 heterocycles. The number of hydrogen-bond acceptors (Lipinski definition) is 4. The predicted molar refractivity (Wildman–Crippen MR) is 123 cm³/mol. The Labute approximate surface area is 182 Å². The molecule has 0 fully saturated rings. The van der Waals surface area contributed by atoms with E-state index < -0.39 is 0 Å². The molecule has 3 aromatic rings. The molecule has 0 atom stereocenters. The minimum atomic E-state index is -0.373. The smallest absolute Gasteiger partial charge is 0.282 e. The summed E-state index contributed by atoms with van der Waals surface area (Å²) >= 11 is 0. The van der Waals surface area contributed by atoms with E-state index in [-0.39, 0.29) is 17.5 Å². The highest BCUT2D eigenvalue weighted by Gasteiger charge is 2.40. The Hall–Kier alpha value is -3.86. The summed E-state index contributed by atoms with van der Waals surface area (Å²) in [4.78, 5) is 28.2. The maximum absolute atomic E-state index is 13.5. The van der Waals surface area contributed by atoms with Gasteiger partial charge in [0, 0.05) is 5.69 Å². The average molecular weight is 412 g/mol. The number of carbonyl (C=O) groups excluding carboxylic acids is 2. The van der Waals surface area contributed by atoms with Crippen LogP contribution >= 0.6 is 0 Å². The van der Waals surface area contributed by atoms with Gasteiger partial charge in [-0.3, -0.25) is 9.59 Å². The minimum Gasteiger partial charge on any atom is -0.497 e. The van der Waals surface area contributed by atoms with Crippen molar-refractivity contribution in [1.29, 1.82) is 0 Å². The van der Waals surface area contributed by atoms with E-state index in [1.165, 1.54) is 4.90 Å². The Morgan fingerprint density at radius 3 is 2.23 bits per heavy atom. The van der Waals surface area contributed by atoms with Gasteiger partial charge in [-0.15, -0.1) is 0 Å². The highest BCUT2D eigenvalue weighted by molar-refractivity contribution is 6.46. The third-order valence-electron chi connectivity index (χ3n) is 5.59. The molecule has 3 aromatic carbocycles. The number of methoxy groups -OCH3 is 1. The SMILES string of the molecule is COc1ccc(C2=C(Nc3cccc(C)c3C)C(=O)N(c3cccc(C)c3)C2=O)cc1. The van der Waals surface area contributed by atoms with Crippen molar-refractivity contribution >= 4 is 28.8 Å². The number of carbonyl (C=O) groups is 2. The van der Waals surface area contributed by atoms with Crippen LogP contribution in [-0.2, 0) is 9.59 Å². The molecule has 2 amide bonds. The van der Waals surface area contributed by atoms with Crippen molar-refractivity contribution in [2.45, 2.75) is 20.8 Å². The van der Waals surface area contributed by atoms with E-state index in [1.54, 1.807) is 37.4 Å². The average Bonchev–Trinajstić information content (AvgIpc) is 3.01. The first-order valence-corrected chi connectivity index (χ1v) is 10.1. The number of anilines is 2. The lowest BCUT2D eigenvalue weighted by atomic mass is 10.0. The monoisotopic (exact) mass is 412 g/mol. The van der Waals surface area contributed by atoms with E-state index in [4.69, 9.17) is 4.74 Å². The van der Waals surface area contributed by atoms with Crippen LogP contribution in [0, 0.1) is 20.8 Å². The summed E-state index contributed by atoms with van der Waals surface area (Å²) < 4.78 is 5.24. The van der Waals surface area contributed by atoms with E-state index in [2.05, 4.69) is 5.32 Å². The number of amides is 2. The maximum atomic E-state index is 13.5. The number of ether oxygens (including phenoxy) is 1. The van der Waals surface area contributed by atoms with Crippen LogP contribution in [0.25, 0.3) is 5.57 Å². The van der Waals surface area contributed by atoms with Crippen LogP contribution in [0.3, 0.4) is 0 Å². The fourth-order valence-corrected chi connectivity index (χ4v) is 3.69. The first-order valence-electron chi connectivity index (χ1n) is 10.1. The molecule has 0 aromatic heterocycles. The third kappa shape index (κ3) is 3.70. The molecule has 156 valence electrons. The summed E-state index contributed by atoms with van der Waals surface area (Å²) in [6.45, 7) is 5.94. The molecular weight excluding hydrogens is 388 g/mol. The van der Waals surface area contributed by atoms with E-state index in [9.17, 15) is 9.59 Å². The molecule has 1 aliphatic heterocycles. The normalized spacial score (nSPS) is 13.7. The zero-order valence-corrected chi connectivity index (χ0v) is 18.0. The van der Waals surface area contributed by atoms with Gasteiger partial charge in [0.25, 0.3) is 11.8 Å². The number of hydrogen-bond donors (Lipinski definition) is 1. The van der Waals surface area contributed by atoms with Crippen LogP contribution in [0.1, 0.15) is 22.3 Å². The van der Waals surface area contributed by atoms with Gasteiger partial charge in [0.1, 0.15) is 11.4 Å². The number of imide groups is 1. The predicted octanol–water partition coefficient (Wildman–Crippen LogP) is 5.02. The molecule has 1 N–H and O–H groups in total. The van der Waals surface area contributed by atoms with Crippen molar-refractivity contribution in [2.24, 2.45) is 0 Å². The van der Waals surface area contributed by atoms with Gasteiger partial charge >= 0.3 is 0 Å². The Morgan fingerprint density at radius 2 is 1.55 bits per heavy atom. The third-order valence-corrected chi connectivity index (χ3v) is 5.59. The number of nitrogens with zero attached hydrogens (tertiary/aromatic N) is 1. The standard InChI is InChI=1S/C26H24N2O3/c1-16-7-5-9-20(15-16)28-25(29)23(19-11-13-21(31-4)14-12-19)24(26(28)30)27-22-10-6-8-17(2)18(22)3/h5-15,27H,1-4H3. The van der Waals surface area contributed by atoms with E-state index in [1.807, 2.05) is 57.2 Å². The van der Waals surface area contributed by atoms with Crippen LogP contribution in [0.4, 0.5) is 11.4 Å². The number of aryl methyl sites for hydroxylation is 2. The van der Waals surface area contributed by atoms with E-state index in [0.717, 1.165) is 22.4 Å². The van der Waals surface area contributed by atoms with Crippen LogP contribution < -0.4 is 15.0 Å². The maximum Gasteiger partial charge on any atom is 0.282 e. The van der Waals surface area contributed by atoms with Crippen LogP contribution in [0.2, 0.25) is 0 Å². The number of benzene rings is 3. The van der Waals surface area contributed by atoms with Crippen LogP contribution in [0.15, 0.2) is 72.4 Å². The largest absolute Gasteiger partial charge is 0.497 e. The Balaban J connectivity index is 1.85. The fraction of sp³-hybridized carbons (Fsp3) is 0.154. The van der Waals surface area contributed by atoms with Crippen molar-refractivity contribution in [3.8, 4) is 5.75 Å². The van der Waals surface area contributed by atoms with E-state index >= 15 is 0 Å². The molecule has 0 bridgehead atoms. The lowest BCUT2D eigenvalue weighted by Crippen LogP contribution is -2.32. The van der Waals surface area contributed by atoms with Gasteiger partial charge in [-0.05, 0) is 73.4 Å². The Bertz CT molecular complexity index is 1210. The molecule has 0 saturated heterocycles. The molecule has 0 unspecified atom stereocenters. The number of rotatable bonds is 5. The highest BCUT2D eigenvalue weighted by Crippen LogP contribution is 2.35.